The number of nitrogens with two attached hydrogens (primary N) is 1. The van der Waals surface area contributed by atoms with Gasteiger partial charge in [0.2, 0.25) is 5.89 Å². The van der Waals surface area contributed by atoms with Crippen molar-refractivity contribution in [3.63, 3.8) is 0 Å². The van der Waals surface area contributed by atoms with Crippen molar-refractivity contribution in [2.24, 2.45) is 5.73 Å². The summed E-state index contributed by atoms with van der Waals surface area (Å²) in [5.74, 6) is 1.06. The SMILES string of the molecule is CSCCC(N)c1nc(C(=O)NCCNc2cccc3ccccc23)co1. The third kappa shape index (κ3) is 5.02. The van der Waals surface area contributed by atoms with Gasteiger partial charge in [0.15, 0.2) is 5.69 Å². The summed E-state index contributed by atoms with van der Waals surface area (Å²) >= 11 is 1.71. The molecule has 0 aliphatic rings. The summed E-state index contributed by atoms with van der Waals surface area (Å²) in [4.78, 5) is 16.4. The third-order valence-electron chi connectivity index (χ3n) is 4.22. The number of aromatic nitrogens is 1. The number of hydrogen-bond donors (Lipinski definition) is 3. The Balaban J connectivity index is 1.49. The number of nitrogens with one attached hydrogen (secondary N) is 2. The average molecular weight is 385 g/mol. The molecule has 7 heteroatoms. The van der Waals surface area contributed by atoms with Crippen molar-refractivity contribution in [1.29, 1.82) is 0 Å². The normalized spacial score (nSPS) is 12.1. The number of fused-ring (bicyclic) bond motifs is 1. The van der Waals surface area contributed by atoms with E-state index in [9.17, 15) is 4.79 Å². The largest absolute Gasteiger partial charge is 0.446 e. The Bertz CT molecular complexity index is 891. The highest BCUT2D eigenvalue weighted by Gasteiger charge is 2.16. The van der Waals surface area contributed by atoms with Crippen LogP contribution in [0.5, 0.6) is 0 Å². The Kier molecular flexibility index (Phi) is 6.73. The standard InChI is InChI=1S/C20H24N4O2S/c1-27-12-9-16(21)20-24-18(13-26-20)19(25)23-11-10-22-17-8-4-6-14-5-2-3-7-15(14)17/h2-8,13,16,22H,9-12,21H2,1H3,(H,23,25). The summed E-state index contributed by atoms with van der Waals surface area (Å²) in [6.45, 7) is 1.08. The van der Waals surface area contributed by atoms with Gasteiger partial charge in [-0.1, -0.05) is 36.4 Å². The highest BCUT2D eigenvalue weighted by molar-refractivity contribution is 7.98. The first kappa shape index (κ1) is 19.3. The van der Waals surface area contributed by atoms with E-state index in [1.165, 1.54) is 11.6 Å². The molecule has 1 aromatic heterocycles. The number of anilines is 1. The Morgan fingerprint density at radius 3 is 2.89 bits per heavy atom. The molecule has 1 heterocycles. The first-order chi connectivity index (χ1) is 13.2. The summed E-state index contributed by atoms with van der Waals surface area (Å²) in [7, 11) is 0. The summed E-state index contributed by atoms with van der Waals surface area (Å²) in [6, 6.07) is 14.0. The van der Waals surface area contributed by atoms with E-state index in [2.05, 4.69) is 33.8 Å². The number of hydrogen-bond acceptors (Lipinski definition) is 6. The highest BCUT2D eigenvalue weighted by Crippen LogP contribution is 2.22. The van der Waals surface area contributed by atoms with Gasteiger partial charge in [0.25, 0.3) is 5.91 Å². The number of thioether (sulfide) groups is 1. The van der Waals surface area contributed by atoms with Crippen LogP contribution in [0.2, 0.25) is 0 Å². The lowest BCUT2D eigenvalue weighted by Crippen LogP contribution is -2.29. The topological polar surface area (TPSA) is 93.2 Å². The second kappa shape index (κ2) is 9.43. The first-order valence-electron chi connectivity index (χ1n) is 8.89. The molecule has 1 atom stereocenters. The van der Waals surface area contributed by atoms with Crippen LogP contribution in [0.15, 0.2) is 53.1 Å². The van der Waals surface area contributed by atoms with Crippen LogP contribution >= 0.6 is 11.8 Å². The Morgan fingerprint density at radius 1 is 1.22 bits per heavy atom. The van der Waals surface area contributed by atoms with Crippen LogP contribution in [0.1, 0.15) is 28.8 Å². The molecule has 0 saturated carbocycles. The minimum absolute atomic E-state index is 0.259. The molecule has 3 rings (SSSR count). The summed E-state index contributed by atoms with van der Waals surface area (Å²) in [5.41, 5.74) is 7.32. The van der Waals surface area contributed by atoms with Gasteiger partial charge in [0.1, 0.15) is 6.26 Å². The van der Waals surface area contributed by atoms with Crippen LogP contribution in [-0.4, -0.2) is 36.0 Å². The van der Waals surface area contributed by atoms with Crippen LogP contribution < -0.4 is 16.4 Å². The van der Waals surface area contributed by atoms with Crippen LogP contribution in [-0.2, 0) is 0 Å². The van der Waals surface area contributed by atoms with Crippen molar-refractivity contribution in [1.82, 2.24) is 10.3 Å². The molecule has 0 saturated heterocycles. The molecule has 1 unspecified atom stereocenters. The van der Waals surface area contributed by atoms with Crippen LogP contribution in [0.4, 0.5) is 5.69 Å². The molecule has 1 amide bonds. The zero-order valence-corrected chi connectivity index (χ0v) is 16.1. The number of amides is 1. The Hall–Kier alpha value is -2.51. The van der Waals surface area contributed by atoms with Gasteiger partial charge in [-0.25, -0.2) is 4.98 Å². The predicted octanol–water partition coefficient (Wildman–Crippen LogP) is 3.42. The van der Waals surface area contributed by atoms with Crippen molar-refractivity contribution in [2.75, 3.05) is 30.4 Å². The van der Waals surface area contributed by atoms with Crippen LogP contribution in [0.3, 0.4) is 0 Å². The lowest BCUT2D eigenvalue weighted by Gasteiger charge is -2.10. The van der Waals surface area contributed by atoms with E-state index in [0.717, 1.165) is 23.2 Å². The lowest BCUT2D eigenvalue weighted by molar-refractivity contribution is 0.0950. The number of benzene rings is 2. The van der Waals surface area contributed by atoms with E-state index >= 15 is 0 Å². The first-order valence-corrected chi connectivity index (χ1v) is 10.3. The molecular weight excluding hydrogens is 360 g/mol. The monoisotopic (exact) mass is 384 g/mol. The van der Waals surface area contributed by atoms with Crippen molar-refractivity contribution < 1.29 is 9.21 Å². The summed E-state index contributed by atoms with van der Waals surface area (Å²) < 4.78 is 5.35. The van der Waals surface area contributed by atoms with Crippen molar-refractivity contribution in [3.05, 3.63) is 60.3 Å². The van der Waals surface area contributed by atoms with Gasteiger partial charge in [-0.15, -0.1) is 0 Å². The molecule has 0 radical (unpaired) electrons. The maximum Gasteiger partial charge on any atom is 0.273 e. The summed E-state index contributed by atoms with van der Waals surface area (Å²) in [6.07, 6.45) is 4.15. The van der Waals surface area contributed by atoms with E-state index in [1.54, 1.807) is 11.8 Å². The molecule has 2 aromatic carbocycles. The lowest BCUT2D eigenvalue weighted by atomic mass is 10.1. The zero-order valence-electron chi connectivity index (χ0n) is 15.3. The van der Waals surface area contributed by atoms with Gasteiger partial charge in [-0.3, -0.25) is 4.79 Å². The predicted molar refractivity (Wildman–Crippen MR) is 111 cm³/mol. The molecular formula is C20H24N4O2S. The van der Waals surface area contributed by atoms with Crippen LogP contribution in [0, 0.1) is 0 Å². The number of oxazole rings is 1. The van der Waals surface area contributed by atoms with E-state index in [1.807, 2.05) is 30.5 Å². The summed E-state index contributed by atoms with van der Waals surface area (Å²) in [5, 5.41) is 8.54. The fourth-order valence-electron chi connectivity index (χ4n) is 2.77. The average Bonchev–Trinajstić information content (AvgIpc) is 3.20. The molecule has 3 aromatic rings. The fourth-order valence-corrected chi connectivity index (χ4v) is 3.26. The number of rotatable bonds is 9. The van der Waals surface area contributed by atoms with Gasteiger partial charge in [0, 0.05) is 24.2 Å². The van der Waals surface area contributed by atoms with Crippen molar-refractivity contribution >= 4 is 34.1 Å². The zero-order chi connectivity index (χ0) is 19.1. The number of nitrogens with zero attached hydrogens (tertiary/aromatic N) is 1. The van der Waals surface area contributed by atoms with Crippen LogP contribution in [0.25, 0.3) is 10.8 Å². The van der Waals surface area contributed by atoms with Gasteiger partial charge >= 0.3 is 0 Å². The molecule has 0 aliphatic carbocycles. The van der Waals surface area contributed by atoms with Crippen molar-refractivity contribution in [2.45, 2.75) is 12.5 Å². The molecule has 0 bridgehead atoms. The van der Waals surface area contributed by atoms with Gasteiger partial charge in [-0.2, -0.15) is 11.8 Å². The van der Waals surface area contributed by atoms with E-state index in [-0.39, 0.29) is 17.6 Å². The minimum atomic E-state index is -0.285. The quantitative estimate of drug-likeness (QED) is 0.490. The smallest absolute Gasteiger partial charge is 0.273 e. The van der Waals surface area contributed by atoms with Gasteiger partial charge in [-0.05, 0) is 29.9 Å². The van der Waals surface area contributed by atoms with E-state index < -0.39 is 0 Å². The second-order valence-corrected chi connectivity index (χ2v) is 7.15. The molecule has 0 spiro atoms. The Morgan fingerprint density at radius 2 is 2.04 bits per heavy atom. The van der Waals surface area contributed by atoms with E-state index in [4.69, 9.17) is 10.2 Å². The maximum absolute atomic E-state index is 12.2. The van der Waals surface area contributed by atoms with Crippen molar-refractivity contribution in [3.8, 4) is 0 Å². The molecule has 142 valence electrons. The van der Waals surface area contributed by atoms with E-state index in [0.29, 0.717) is 19.0 Å². The minimum Gasteiger partial charge on any atom is -0.446 e. The molecule has 0 aliphatic heterocycles. The number of carbonyl (C=O) groups is 1. The number of carbonyl (C=O) groups excluding carboxylic acids is 1. The third-order valence-corrected chi connectivity index (χ3v) is 4.86. The molecule has 4 N–H and O–H groups in total. The van der Waals surface area contributed by atoms with Gasteiger partial charge in [0.05, 0.1) is 6.04 Å². The maximum atomic E-state index is 12.2. The Labute approximate surface area is 162 Å². The molecule has 6 nitrogen and oxygen atoms in total. The molecule has 0 fully saturated rings. The highest BCUT2D eigenvalue weighted by atomic mass is 32.2. The van der Waals surface area contributed by atoms with Gasteiger partial charge < -0.3 is 20.8 Å². The fraction of sp³-hybridized carbons (Fsp3) is 0.300. The second-order valence-electron chi connectivity index (χ2n) is 6.17. The molecule has 27 heavy (non-hydrogen) atoms.